The molecule has 16 heavy (non-hydrogen) atoms. The van der Waals surface area contributed by atoms with Gasteiger partial charge in [-0.3, -0.25) is 0 Å². The fourth-order valence-corrected chi connectivity index (χ4v) is 2.19. The lowest BCUT2D eigenvalue weighted by atomic mass is 9.67. The number of nitrogens with zero attached hydrogens (tertiary/aromatic N) is 2. The summed E-state index contributed by atoms with van der Waals surface area (Å²) in [5, 5.41) is 6.37. The Hall–Kier alpha value is -1.32. The van der Waals surface area contributed by atoms with Crippen molar-refractivity contribution in [3.05, 3.63) is 12.3 Å². The van der Waals surface area contributed by atoms with Gasteiger partial charge in [0.25, 0.3) is 0 Å². The minimum Gasteiger partial charge on any atom is -0.369 e. The van der Waals surface area contributed by atoms with Gasteiger partial charge in [0.1, 0.15) is 5.82 Å². The molecule has 2 rings (SSSR count). The Labute approximate surface area is 96.9 Å². The minimum atomic E-state index is 0.519. The van der Waals surface area contributed by atoms with E-state index in [9.17, 15) is 0 Å². The van der Waals surface area contributed by atoms with Crippen LogP contribution in [-0.2, 0) is 0 Å². The third-order valence-corrected chi connectivity index (χ3v) is 3.69. The van der Waals surface area contributed by atoms with E-state index in [0.717, 1.165) is 12.4 Å². The van der Waals surface area contributed by atoms with Gasteiger partial charge in [-0.15, -0.1) is 0 Å². The van der Waals surface area contributed by atoms with Crippen molar-refractivity contribution in [3.8, 4) is 0 Å². The zero-order valence-corrected chi connectivity index (χ0v) is 10.1. The first-order valence-corrected chi connectivity index (χ1v) is 6.03. The summed E-state index contributed by atoms with van der Waals surface area (Å²) in [6, 6.07) is 1.92. The number of aromatic nitrogens is 2. The smallest absolute Gasteiger partial charge is 0.224 e. The van der Waals surface area contributed by atoms with Crippen LogP contribution in [-0.4, -0.2) is 23.6 Å². The fourth-order valence-electron chi connectivity index (χ4n) is 2.19. The van der Waals surface area contributed by atoms with E-state index < -0.39 is 0 Å². The highest BCUT2D eigenvalue weighted by atomic mass is 15.1. The Morgan fingerprint density at radius 2 is 2.25 bits per heavy atom. The summed E-state index contributed by atoms with van der Waals surface area (Å²) in [6.45, 7) is 3.31. The predicted molar refractivity (Wildman–Crippen MR) is 66.6 cm³/mol. The van der Waals surface area contributed by atoms with E-state index in [1.54, 1.807) is 6.20 Å². The Kier molecular flexibility index (Phi) is 3.27. The highest BCUT2D eigenvalue weighted by Gasteiger charge is 2.34. The van der Waals surface area contributed by atoms with E-state index in [2.05, 4.69) is 27.5 Å². The van der Waals surface area contributed by atoms with Gasteiger partial charge in [0, 0.05) is 19.8 Å². The first kappa shape index (κ1) is 11.2. The molecule has 1 aromatic rings. The minimum absolute atomic E-state index is 0.519. The lowest BCUT2D eigenvalue weighted by Crippen LogP contribution is -2.36. The molecule has 4 nitrogen and oxygen atoms in total. The average Bonchev–Trinajstić information content (AvgIpc) is 2.29. The first-order chi connectivity index (χ1) is 7.78. The topological polar surface area (TPSA) is 49.8 Å². The lowest BCUT2D eigenvalue weighted by Gasteiger charge is -2.41. The molecule has 1 saturated carbocycles. The second-order valence-corrected chi connectivity index (χ2v) is 4.58. The van der Waals surface area contributed by atoms with E-state index in [0.29, 0.717) is 11.4 Å². The molecule has 0 unspecified atom stereocenters. The summed E-state index contributed by atoms with van der Waals surface area (Å²) in [4.78, 5) is 8.45. The highest BCUT2D eigenvalue weighted by Crippen LogP contribution is 2.43. The summed E-state index contributed by atoms with van der Waals surface area (Å²) in [6.07, 6.45) is 7.10. The van der Waals surface area contributed by atoms with Gasteiger partial charge in [-0.25, -0.2) is 4.98 Å². The Morgan fingerprint density at radius 3 is 2.81 bits per heavy atom. The van der Waals surface area contributed by atoms with Gasteiger partial charge < -0.3 is 10.6 Å². The fraction of sp³-hybridized carbons (Fsp3) is 0.667. The summed E-state index contributed by atoms with van der Waals surface area (Å²) in [5.41, 5.74) is 0.519. The normalized spacial score (nSPS) is 17.6. The first-order valence-electron chi connectivity index (χ1n) is 6.03. The third-order valence-electron chi connectivity index (χ3n) is 3.69. The molecule has 0 saturated heterocycles. The van der Waals surface area contributed by atoms with Crippen LogP contribution in [0.5, 0.6) is 0 Å². The number of anilines is 2. The van der Waals surface area contributed by atoms with Gasteiger partial charge in [-0.2, -0.15) is 4.98 Å². The van der Waals surface area contributed by atoms with E-state index in [4.69, 9.17) is 0 Å². The zero-order valence-electron chi connectivity index (χ0n) is 10.1. The Morgan fingerprint density at radius 1 is 1.44 bits per heavy atom. The van der Waals surface area contributed by atoms with Gasteiger partial charge in [-0.05, 0) is 30.7 Å². The number of rotatable bonds is 5. The standard InChI is InChI=1S/C12H20N4/c1-3-12(6-4-7-12)9-15-10-5-8-14-11(13-2)16-10/h5,8H,3-4,6-7,9H2,1-2H3,(H2,13,14,15,16). The SMILES string of the molecule is CCC1(CNc2ccnc(NC)n2)CCC1. The molecule has 1 aliphatic carbocycles. The molecule has 2 N–H and O–H groups in total. The van der Waals surface area contributed by atoms with E-state index >= 15 is 0 Å². The largest absolute Gasteiger partial charge is 0.369 e. The maximum absolute atomic E-state index is 4.35. The maximum Gasteiger partial charge on any atom is 0.224 e. The molecular weight excluding hydrogens is 200 g/mol. The summed E-state index contributed by atoms with van der Waals surface area (Å²) in [7, 11) is 1.83. The van der Waals surface area contributed by atoms with E-state index in [-0.39, 0.29) is 0 Å². The number of nitrogens with one attached hydrogen (secondary N) is 2. The Balaban J connectivity index is 1.93. The van der Waals surface area contributed by atoms with Crippen LogP contribution >= 0.6 is 0 Å². The molecule has 1 fully saturated rings. The van der Waals surface area contributed by atoms with Gasteiger partial charge in [0.2, 0.25) is 5.95 Å². The third kappa shape index (κ3) is 2.26. The van der Waals surface area contributed by atoms with Crippen molar-refractivity contribution in [2.24, 2.45) is 5.41 Å². The monoisotopic (exact) mass is 220 g/mol. The van der Waals surface area contributed by atoms with Crippen LogP contribution in [0.2, 0.25) is 0 Å². The second-order valence-electron chi connectivity index (χ2n) is 4.58. The molecule has 0 spiro atoms. The van der Waals surface area contributed by atoms with Crippen molar-refractivity contribution in [3.63, 3.8) is 0 Å². The average molecular weight is 220 g/mol. The molecule has 0 atom stereocenters. The molecule has 88 valence electrons. The molecule has 1 aliphatic rings. The van der Waals surface area contributed by atoms with Crippen LogP contribution < -0.4 is 10.6 Å². The zero-order chi connectivity index (χ0) is 11.4. The molecular formula is C12H20N4. The summed E-state index contributed by atoms with van der Waals surface area (Å²) >= 11 is 0. The van der Waals surface area contributed by atoms with Crippen LogP contribution in [0.25, 0.3) is 0 Å². The highest BCUT2D eigenvalue weighted by molar-refractivity contribution is 5.39. The van der Waals surface area contributed by atoms with E-state index in [1.165, 1.54) is 25.7 Å². The molecule has 0 amide bonds. The van der Waals surface area contributed by atoms with Crippen LogP contribution in [0, 0.1) is 5.41 Å². The van der Waals surface area contributed by atoms with Crippen LogP contribution in [0.15, 0.2) is 12.3 Å². The molecule has 0 aliphatic heterocycles. The van der Waals surface area contributed by atoms with Crippen LogP contribution in [0.1, 0.15) is 32.6 Å². The molecule has 1 aromatic heterocycles. The molecule has 1 heterocycles. The summed E-state index contributed by atoms with van der Waals surface area (Å²) < 4.78 is 0. The van der Waals surface area contributed by atoms with Crippen molar-refractivity contribution < 1.29 is 0 Å². The van der Waals surface area contributed by atoms with Crippen LogP contribution in [0.4, 0.5) is 11.8 Å². The molecule has 4 heteroatoms. The molecule has 0 aromatic carbocycles. The maximum atomic E-state index is 4.35. The Bertz CT molecular complexity index is 341. The number of hydrogen-bond donors (Lipinski definition) is 2. The lowest BCUT2D eigenvalue weighted by molar-refractivity contribution is 0.145. The van der Waals surface area contributed by atoms with Crippen molar-refractivity contribution in [2.75, 3.05) is 24.2 Å². The van der Waals surface area contributed by atoms with Crippen LogP contribution in [0.3, 0.4) is 0 Å². The summed E-state index contributed by atoms with van der Waals surface area (Å²) in [5.74, 6) is 1.59. The van der Waals surface area contributed by atoms with Gasteiger partial charge >= 0.3 is 0 Å². The van der Waals surface area contributed by atoms with Gasteiger partial charge in [0.05, 0.1) is 0 Å². The van der Waals surface area contributed by atoms with Crippen molar-refractivity contribution in [2.45, 2.75) is 32.6 Å². The van der Waals surface area contributed by atoms with Crippen molar-refractivity contribution >= 4 is 11.8 Å². The number of hydrogen-bond acceptors (Lipinski definition) is 4. The quantitative estimate of drug-likeness (QED) is 0.800. The molecule has 0 radical (unpaired) electrons. The predicted octanol–water partition coefficient (Wildman–Crippen LogP) is 2.51. The second kappa shape index (κ2) is 4.68. The van der Waals surface area contributed by atoms with E-state index in [1.807, 2.05) is 13.1 Å². The van der Waals surface area contributed by atoms with Crippen molar-refractivity contribution in [1.29, 1.82) is 0 Å². The van der Waals surface area contributed by atoms with Gasteiger partial charge in [-0.1, -0.05) is 13.3 Å². The molecule has 0 bridgehead atoms. The van der Waals surface area contributed by atoms with Crippen molar-refractivity contribution in [1.82, 2.24) is 9.97 Å². The van der Waals surface area contributed by atoms with Gasteiger partial charge in [0.15, 0.2) is 0 Å².